The van der Waals surface area contributed by atoms with E-state index in [1.807, 2.05) is 19.9 Å². The van der Waals surface area contributed by atoms with Gasteiger partial charge in [-0.2, -0.15) is 0 Å². The average molecular weight is 446 g/mol. The number of hydrogen-bond acceptors (Lipinski definition) is 5. The molecule has 0 atom stereocenters. The van der Waals surface area contributed by atoms with Crippen molar-refractivity contribution in [3.63, 3.8) is 0 Å². The van der Waals surface area contributed by atoms with Crippen LogP contribution in [-0.4, -0.2) is 62.7 Å². The molecule has 1 aliphatic heterocycles. The van der Waals surface area contributed by atoms with E-state index in [2.05, 4.69) is 15.5 Å². The Morgan fingerprint density at radius 3 is 2.16 bits per heavy atom. The summed E-state index contributed by atoms with van der Waals surface area (Å²) in [6.07, 6.45) is 6.58. The fourth-order valence-electron chi connectivity index (χ4n) is 4.63. The lowest BCUT2D eigenvalue weighted by Gasteiger charge is -2.32. The predicted octanol–water partition coefficient (Wildman–Crippen LogP) is 3.23. The molecule has 1 saturated carbocycles. The van der Waals surface area contributed by atoms with E-state index in [4.69, 9.17) is 9.47 Å². The second-order valence-electron chi connectivity index (χ2n) is 8.83. The first-order valence-corrected chi connectivity index (χ1v) is 12.3. The van der Waals surface area contributed by atoms with Crippen molar-refractivity contribution in [3.05, 3.63) is 23.8 Å². The summed E-state index contributed by atoms with van der Waals surface area (Å²) in [5, 5.41) is 6.20. The Hall–Kier alpha value is -2.28. The lowest BCUT2D eigenvalue weighted by Crippen LogP contribution is -2.42. The Bertz CT molecular complexity index is 716. The SMILES string of the molecule is CCOc1cc(OCC)cc(C(=O)NCC2CCN(CCNC(=O)C3CCCC3)CC2)c1. The summed E-state index contributed by atoms with van der Waals surface area (Å²) in [5.41, 5.74) is 0.565. The summed E-state index contributed by atoms with van der Waals surface area (Å²) in [5.74, 6) is 2.16. The maximum Gasteiger partial charge on any atom is 0.251 e. The molecule has 7 nitrogen and oxygen atoms in total. The first-order valence-electron chi connectivity index (χ1n) is 12.3. The number of rotatable bonds is 11. The fourth-order valence-corrected chi connectivity index (χ4v) is 4.63. The lowest BCUT2D eigenvalue weighted by molar-refractivity contribution is -0.124. The third kappa shape index (κ3) is 7.40. The molecule has 1 saturated heterocycles. The van der Waals surface area contributed by atoms with Crippen LogP contribution in [0.3, 0.4) is 0 Å². The number of amides is 2. The average Bonchev–Trinajstić information content (AvgIpc) is 3.34. The molecule has 2 amide bonds. The molecule has 32 heavy (non-hydrogen) atoms. The van der Waals surface area contributed by atoms with Gasteiger partial charge < -0.3 is 25.0 Å². The highest BCUT2D eigenvalue weighted by atomic mass is 16.5. The number of likely N-dealkylation sites (tertiary alicyclic amines) is 1. The molecule has 0 aromatic heterocycles. The van der Waals surface area contributed by atoms with E-state index >= 15 is 0 Å². The van der Waals surface area contributed by atoms with Crippen LogP contribution >= 0.6 is 0 Å². The van der Waals surface area contributed by atoms with E-state index in [0.29, 0.717) is 42.7 Å². The Morgan fingerprint density at radius 1 is 0.938 bits per heavy atom. The molecule has 2 aliphatic rings. The van der Waals surface area contributed by atoms with Crippen molar-refractivity contribution in [1.82, 2.24) is 15.5 Å². The molecule has 1 aromatic rings. The highest BCUT2D eigenvalue weighted by Gasteiger charge is 2.23. The normalized spacial score (nSPS) is 17.8. The largest absolute Gasteiger partial charge is 0.494 e. The monoisotopic (exact) mass is 445 g/mol. The summed E-state index contributed by atoms with van der Waals surface area (Å²) in [6.45, 7) is 9.25. The van der Waals surface area contributed by atoms with Gasteiger partial charge in [0, 0.05) is 37.2 Å². The van der Waals surface area contributed by atoms with Gasteiger partial charge in [0.1, 0.15) is 11.5 Å². The van der Waals surface area contributed by atoms with E-state index in [0.717, 1.165) is 51.9 Å². The van der Waals surface area contributed by atoms with Gasteiger partial charge in [-0.05, 0) is 70.7 Å². The number of nitrogens with zero attached hydrogens (tertiary/aromatic N) is 1. The quantitative estimate of drug-likeness (QED) is 0.547. The van der Waals surface area contributed by atoms with Gasteiger partial charge in [-0.3, -0.25) is 9.59 Å². The minimum Gasteiger partial charge on any atom is -0.494 e. The molecule has 0 radical (unpaired) electrons. The molecule has 2 N–H and O–H groups in total. The zero-order chi connectivity index (χ0) is 22.8. The molecule has 1 heterocycles. The third-order valence-electron chi connectivity index (χ3n) is 6.48. The van der Waals surface area contributed by atoms with Gasteiger partial charge in [-0.15, -0.1) is 0 Å². The van der Waals surface area contributed by atoms with Crippen LogP contribution in [0, 0.1) is 11.8 Å². The standard InChI is InChI=1S/C25H39N3O4/c1-3-31-22-15-21(16-23(17-22)32-4-2)25(30)27-18-19-9-12-28(13-10-19)14-11-26-24(29)20-7-5-6-8-20/h15-17,19-20H,3-14,18H2,1-2H3,(H,26,29)(H,27,30). The first-order chi connectivity index (χ1) is 15.6. The summed E-state index contributed by atoms with van der Waals surface area (Å²) >= 11 is 0. The molecule has 178 valence electrons. The molecule has 1 aliphatic carbocycles. The van der Waals surface area contributed by atoms with E-state index in [1.165, 1.54) is 12.8 Å². The maximum absolute atomic E-state index is 12.7. The Labute approximate surface area is 192 Å². The number of nitrogens with one attached hydrogen (secondary N) is 2. The second kappa shape index (κ2) is 12.7. The van der Waals surface area contributed by atoms with Gasteiger partial charge in [0.05, 0.1) is 13.2 Å². The predicted molar refractivity (Wildman–Crippen MR) is 125 cm³/mol. The summed E-state index contributed by atoms with van der Waals surface area (Å²) in [4.78, 5) is 27.3. The Kier molecular flexibility index (Phi) is 9.65. The summed E-state index contributed by atoms with van der Waals surface area (Å²) < 4.78 is 11.1. The lowest BCUT2D eigenvalue weighted by atomic mass is 9.96. The molecule has 0 spiro atoms. The van der Waals surface area contributed by atoms with Crippen molar-refractivity contribution in [3.8, 4) is 11.5 Å². The summed E-state index contributed by atoms with van der Waals surface area (Å²) in [7, 11) is 0. The van der Waals surface area contributed by atoms with Gasteiger partial charge in [-0.1, -0.05) is 12.8 Å². The maximum atomic E-state index is 12.7. The van der Waals surface area contributed by atoms with Crippen LogP contribution in [0.1, 0.15) is 62.7 Å². The van der Waals surface area contributed by atoms with Crippen LogP contribution in [0.4, 0.5) is 0 Å². The van der Waals surface area contributed by atoms with E-state index in [1.54, 1.807) is 12.1 Å². The zero-order valence-electron chi connectivity index (χ0n) is 19.7. The van der Waals surface area contributed by atoms with Gasteiger partial charge in [0.15, 0.2) is 0 Å². The van der Waals surface area contributed by atoms with Crippen molar-refractivity contribution in [2.75, 3.05) is 45.9 Å². The second-order valence-corrected chi connectivity index (χ2v) is 8.83. The molecule has 0 unspecified atom stereocenters. The molecule has 7 heteroatoms. The Balaban J connectivity index is 1.37. The number of carbonyl (C=O) groups excluding carboxylic acids is 2. The van der Waals surface area contributed by atoms with E-state index in [9.17, 15) is 9.59 Å². The number of piperidine rings is 1. The van der Waals surface area contributed by atoms with Crippen LogP contribution in [0.5, 0.6) is 11.5 Å². The van der Waals surface area contributed by atoms with Crippen LogP contribution < -0.4 is 20.1 Å². The van der Waals surface area contributed by atoms with Gasteiger partial charge in [0.25, 0.3) is 5.91 Å². The van der Waals surface area contributed by atoms with Gasteiger partial charge >= 0.3 is 0 Å². The fraction of sp³-hybridized carbons (Fsp3) is 0.680. The van der Waals surface area contributed by atoms with E-state index < -0.39 is 0 Å². The highest BCUT2D eigenvalue weighted by Crippen LogP contribution is 2.25. The van der Waals surface area contributed by atoms with E-state index in [-0.39, 0.29) is 17.7 Å². The molecule has 3 rings (SSSR count). The zero-order valence-corrected chi connectivity index (χ0v) is 19.7. The van der Waals surface area contributed by atoms with Crippen molar-refractivity contribution in [2.45, 2.75) is 52.4 Å². The van der Waals surface area contributed by atoms with Crippen LogP contribution in [0.25, 0.3) is 0 Å². The van der Waals surface area contributed by atoms with Crippen molar-refractivity contribution in [2.24, 2.45) is 11.8 Å². The Morgan fingerprint density at radius 2 is 1.56 bits per heavy atom. The smallest absolute Gasteiger partial charge is 0.251 e. The van der Waals surface area contributed by atoms with Gasteiger partial charge in [0.2, 0.25) is 5.91 Å². The van der Waals surface area contributed by atoms with Crippen molar-refractivity contribution in [1.29, 1.82) is 0 Å². The minimum absolute atomic E-state index is 0.0930. The van der Waals surface area contributed by atoms with Crippen LogP contribution in [0.15, 0.2) is 18.2 Å². The molecule has 1 aromatic carbocycles. The molecule has 2 fully saturated rings. The number of benzene rings is 1. The number of ether oxygens (including phenoxy) is 2. The van der Waals surface area contributed by atoms with Crippen molar-refractivity contribution >= 4 is 11.8 Å². The minimum atomic E-state index is -0.0930. The number of hydrogen-bond donors (Lipinski definition) is 2. The molecular formula is C25H39N3O4. The number of carbonyl (C=O) groups is 2. The van der Waals surface area contributed by atoms with Crippen molar-refractivity contribution < 1.29 is 19.1 Å². The first kappa shape index (κ1) is 24.4. The van der Waals surface area contributed by atoms with Crippen LogP contribution in [-0.2, 0) is 4.79 Å². The highest BCUT2D eigenvalue weighted by molar-refractivity contribution is 5.95. The summed E-state index contributed by atoms with van der Waals surface area (Å²) in [6, 6.07) is 5.35. The molecular weight excluding hydrogens is 406 g/mol. The molecule has 0 bridgehead atoms. The topological polar surface area (TPSA) is 79.9 Å². The van der Waals surface area contributed by atoms with Gasteiger partial charge in [-0.25, -0.2) is 0 Å². The van der Waals surface area contributed by atoms with Crippen LogP contribution in [0.2, 0.25) is 0 Å². The third-order valence-corrected chi connectivity index (χ3v) is 6.48.